The third kappa shape index (κ3) is 3.41. The molecule has 0 radical (unpaired) electrons. The van der Waals surface area contributed by atoms with Crippen LogP contribution in [0, 0.1) is 0 Å². The van der Waals surface area contributed by atoms with Crippen molar-refractivity contribution in [2.75, 3.05) is 14.2 Å². The second-order valence-electron chi connectivity index (χ2n) is 4.80. The summed E-state index contributed by atoms with van der Waals surface area (Å²) in [5.74, 6) is -1.10. The van der Waals surface area contributed by atoms with Crippen LogP contribution in [-0.2, 0) is 14.3 Å². The number of esters is 1. The van der Waals surface area contributed by atoms with Crippen LogP contribution in [0.25, 0.3) is 6.08 Å². The van der Waals surface area contributed by atoms with Gasteiger partial charge in [-0.25, -0.2) is 4.79 Å². The van der Waals surface area contributed by atoms with Gasteiger partial charge in [-0.05, 0) is 58.4 Å². The van der Waals surface area contributed by atoms with Gasteiger partial charge in [0.25, 0.3) is 11.1 Å². The molecule has 0 saturated carbocycles. The van der Waals surface area contributed by atoms with Crippen LogP contribution in [0.3, 0.4) is 0 Å². The van der Waals surface area contributed by atoms with Gasteiger partial charge < -0.3 is 14.6 Å². The molecule has 128 valence electrons. The maximum Gasteiger partial charge on any atom is 0.328 e. The van der Waals surface area contributed by atoms with Gasteiger partial charge in [-0.15, -0.1) is 0 Å². The highest BCUT2D eigenvalue weighted by atomic mass is 79.9. The number of benzene rings is 1. The molecule has 1 aromatic carbocycles. The number of rotatable bonds is 4. The third-order valence-corrected chi connectivity index (χ3v) is 4.81. The number of amides is 2. The van der Waals surface area contributed by atoms with E-state index in [0.717, 1.165) is 16.7 Å². The zero-order valence-corrected chi connectivity index (χ0v) is 15.4. The van der Waals surface area contributed by atoms with Crippen LogP contribution in [0.4, 0.5) is 4.79 Å². The molecule has 7 nitrogen and oxygen atoms in total. The number of hydrogen-bond acceptors (Lipinski definition) is 7. The fraction of sp³-hybridized carbons (Fsp3) is 0.267. The van der Waals surface area contributed by atoms with Crippen LogP contribution < -0.4 is 4.74 Å². The van der Waals surface area contributed by atoms with Gasteiger partial charge in [-0.3, -0.25) is 14.5 Å². The Morgan fingerprint density at radius 3 is 2.62 bits per heavy atom. The predicted molar refractivity (Wildman–Crippen MR) is 91.6 cm³/mol. The molecule has 1 aliphatic rings. The van der Waals surface area contributed by atoms with Gasteiger partial charge in [0.15, 0.2) is 11.5 Å². The highest BCUT2D eigenvalue weighted by molar-refractivity contribution is 9.10. The van der Waals surface area contributed by atoms with E-state index in [1.807, 2.05) is 0 Å². The monoisotopic (exact) mass is 415 g/mol. The highest BCUT2D eigenvalue weighted by Gasteiger charge is 2.41. The summed E-state index contributed by atoms with van der Waals surface area (Å²) in [5.41, 5.74) is 0.549. The average molecular weight is 416 g/mol. The molecule has 9 heteroatoms. The molecule has 0 spiro atoms. The van der Waals surface area contributed by atoms with E-state index >= 15 is 0 Å². The number of nitrogens with zero attached hydrogens (tertiary/aromatic N) is 1. The normalized spacial score (nSPS) is 17.3. The molecule has 2 amide bonds. The number of hydrogen-bond donors (Lipinski definition) is 1. The summed E-state index contributed by atoms with van der Waals surface area (Å²) in [7, 11) is 2.59. The lowest BCUT2D eigenvalue weighted by molar-refractivity contribution is -0.148. The van der Waals surface area contributed by atoms with Gasteiger partial charge in [0, 0.05) is 0 Å². The fourth-order valence-corrected chi connectivity index (χ4v) is 3.44. The molecule has 2 rings (SSSR count). The maximum atomic E-state index is 12.4. The summed E-state index contributed by atoms with van der Waals surface area (Å²) in [6.07, 6.45) is 1.49. The Balaban J connectivity index is 2.36. The molecule has 24 heavy (non-hydrogen) atoms. The smallest absolute Gasteiger partial charge is 0.328 e. The second kappa shape index (κ2) is 7.27. The van der Waals surface area contributed by atoms with Crippen molar-refractivity contribution in [1.82, 2.24) is 4.90 Å². The summed E-state index contributed by atoms with van der Waals surface area (Å²) in [6, 6.07) is 2.10. The number of imide groups is 1. The number of carbonyl (C=O) groups excluding carboxylic acids is 3. The van der Waals surface area contributed by atoms with Gasteiger partial charge in [0.2, 0.25) is 0 Å². The maximum absolute atomic E-state index is 12.4. The van der Waals surface area contributed by atoms with Crippen LogP contribution in [0.15, 0.2) is 21.5 Å². The lowest BCUT2D eigenvalue weighted by Crippen LogP contribution is -2.42. The predicted octanol–water partition coefficient (Wildman–Crippen LogP) is 2.76. The molecule has 1 aliphatic heterocycles. The number of phenols is 1. The van der Waals surface area contributed by atoms with Gasteiger partial charge in [0.05, 0.1) is 23.6 Å². The lowest BCUT2D eigenvalue weighted by Gasteiger charge is -2.18. The minimum absolute atomic E-state index is 0.0675. The largest absolute Gasteiger partial charge is 0.503 e. The van der Waals surface area contributed by atoms with Crippen molar-refractivity contribution >= 4 is 50.9 Å². The minimum atomic E-state index is -1.01. The average Bonchev–Trinajstić information content (AvgIpc) is 2.83. The van der Waals surface area contributed by atoms with Crippen molar-refractivity contribution in [3.8, 4) is 11.5 Å². The van der Waals surface area contributed by atoms with Gasteiger partial charge in [0.1, 0.15) is 6.04 Å². The Bertz CT molecular complexity index is 748. The zero-order chi connectivity index (χ0) is 18.0. The molecule has 0 aliphatic carbocycles. The van der Waals surface area contributed by atoms with Crippen LogP contribution >= 0.6 is 27.7 Å². The van der Waals surface area contributed by atoms with E-state index in [9.17, 15) is 19.5 Å². The Kier molecular flexibility index (Phi) is 5.55. The Hall–Kier alpha value is -2.00. The summed E-state index contributed by atoms with van der Waals surface area (Å²) in [4.78, 5) is 37.0. The van der Waals surface area contributed by atoms with E-state index in [1.54, 1.807) is 6.07 Å². The molecule has 1 saturated heterocycles. The standard InChI is InChI=1S/C15H14BrNO6S/c1-7(14(20)23-3)17-13(19)11(24-15(17)21)6-8-4-9(16)12(18)10(5-8)22-2/h4-7,18H,1-3H3. The van der Waals surface area contributed by atoms with E-state index in [4.69, 9.17) is 4.74 Å². The first kappa shape index (κ1) is 18.3. The summed E-state index contributed by atoms with van der Waals surface area (Å²) in [5, 5.41) is 9.25. The van der Waals surface area contributed by atoms with E-state index in [-0.39, 0.29) is 16.4 Å². The molecule has 1 atom stereocenters. The Labute approximate surface area is 150 Å². The van der Waals surface area contributed by atoms with Crippen molar-refractivity contribution in [1.29, 1.82) is 0 Å². The summed E-state index contributed by atoms with van der Waals surface area (Å²) < 4.78 is 10.00. The molecule has 0 bridgehead atoms. The minimum Gasteiger partial charge on any atom is -0.503 e. The first-order valence-electron chi connectivity index (χ1n) is 6.71. The molecule has 1 heterocycles. The molecule has 0 aromatic heterocycles. The summed E-state index contributed by atoms with van der Waals surface area (Å²) >= 11 is 3.92. The molecular weight excluding hydrogens is 402 g/mol. The number of aromatic hydroxyl groups is 1. The third-order valence-electron chi connectivity index (χ3n) is 3.32. The number of phenolic OH excluding ortho intramolecular Hbond substituents is 1. The number of carbonyl (C=O) groups is 3. The molecule has 1 aromatic rings. The number of methoxy groups -OCH3 is 2. The SMILES string of the molecule is COC(=O)C(C)N1C(=O)SC(=Cc2cc(Br)c(O)c(OC)c2)C1=O. The fourth-order valence-electron chi connectivity index (χ4n) is 2.07. The Morgan fingerprint density at radius 2 is 2.04 bits per heavy atom. The second-order valence-corrected chi connectivity index (χ2v) is 6.65. The van der Waals surface area contributed by atoms with Crippen molar-refractivity contribution in [3.05, 3.63) is 27.1 Å². The van der Waals surface area contributed by atoms with Crippen LogP contribution in [0.1, 0.15) is 12.5 Å². The van der Waals surface area contributed by atoms with E-state index in [2.05, 4.69) is 20.7 Å². The quantitative estimate of drug-likeness (QED) is 0.596. The van der Waals surface area contributed by atoms with E-state index < -0.39 is 23.2 Å². The molecule has 1 N–H and O–H groups in total. The van der Waals surface area contributed by atoms with Gasteiger partial charge in [-0.1, -0.05) is 0 Å². The van der Waals surface area contributed by atoms with Gasteiger partial charge >= 0.3 is 5.97 Å². The highest BCUT2D eigenvalue weighted by Crippen LogP contribution is 2.38. The number of ether oxygens (including phenoxy) is 2. The van der Waals surface area contributed by atoms with E-state index in [1.165, 1.54) is 33.3 Å². The van der Waals surface area contributed by atoms with Crippen LogP contribution in [0.5, 0.6) is 11.5 Å². The Morgan fingerprint density at radius 1 is 1.38 bits per heavy atom. The zero-order valence-electron chi connectivity index (χ0n) is 13.0. The molecule has 1 fully saturated rings. The van der Waals surface area contributed by atoms with Gasteiger partial charge in [-0.2, -0.15) is 0 Å². The van der Waals surface area contributed by atoms with E-state index in [0.29, 0.717) is 10.0 Å². The van der Waals surface area contributed by atoms with Crippen molar-refractivity contribution in [2.45, 2.75) is 13.0 Å². The molecule has 1 unspecified atom stereocenters. The van der Waals surface area contributed by atoms with Crippen LogP contribution in [-0.4, -0.2) is 47.4 Å². The van der Waals surface area contributed by atoms with Crippen molar-refractivity contribution in [2.24, 2.45) is 0 Å². The van der Waals surface area contributed by atoms with Crippen LogP contribution in [0.2, 0.25) is 0 Å². The topological polar surface area (TPSA) is 93.1 Å². The number of thioether (sulfide) groups is 1. The molecular formula is C15H14BrNO6S. The van der Waals surface area contributed by atoms with Crippen molar-refractivity contribution in [3.63, 3.8) is 0 Å². The first-order chi connectivity index (χ1) is 11.3. The van der Waals surface area contributed by atoms with Crippen molar-refractivity contribution < 1.29 is 29.0 Å². The number of halogens is 1. The lowest BCUT2D eigenvalue weighted by atomic mass is 10.1. The first-order valence-corrected chi connectivity index (χ1v) is 8.32. The summed E-state index contributed by atoms with van der Waals surface area (Å²) in [6.45, 7) is 1.42.